The van der Waals surface area contributed by atoms with E-state index in [9.17, 15) is 9.59 Å². The minimum Gasteiger partial charge on any atom is -0.326 e. The summed E-state index contributed by atoms with van der Waals surface area (Å²) in [6.07, 6.45) is 0.449. The number of fused-ring (bicyclic) bond motifs is 2. The van der Waals surface area contributed by atoms with Crippen molar-refractivity contribution in [2.45, 2.75) is 54.1 Å². The third-order valence-corrected chi connectivity index (χ3v) is 7.33. The Bertz CT molecular complexity index is 1140. The van der Waals surface area contributed by atoms with Gasteiger partial charge in [-0.25, -0.2) is 0 Å². The number of amides is 2. The summed E-state index contributed by atoms with van der Waals surface area (Å²) in [7, 11) is 0. The van der Waals surface area contributed by atoms with E-state index >= 15 is 0 Å². The molecule has 1 aliphatic rings. The zero-order valence-corrected chi connectivity index (χ0v) is 20.9. The van der Waals surface area contributed by atoms with Gasteiger partial charge in [0.15, 0.2) is 0 Å². The van der Waals surface area contributed by atoms with E-state index in [1.54, 1.807) is 11.8 Å². The first-order valence-corrected chi connectivity index (χ1v) is 12.7. The molecule has 1 heterocycles. The normalized spacial score (nSPS) is 13.6. The summed E-state index contributed by atoms with van der Waals surface area (Å²) in [5.74, 6) is 0.0233. The van der Waals surface area contributed by atoms with Crippen molar-refractivity contribution in [2.75, 3.05) is 10.2 Å². The fraction of sp³-hybridized carbons (Fsp3) is 0.259. The van der Waals surface area contributed by atoms with Crippen LogP contribution in [0.15, 0.2) is 87.5 Å². The molecular weight excluding hydrogens is 448 g/mol. The third kappa shape index (κ3) is 5.63. The number of nitrogens with zero attached hydrogens (tertiary/aromatic N) is 1. The molecular formula is C27H28N2O2S2. The molecule has 1 atom stereocenters. The van der Waals surface area contributed by atoms with Crippen molar-refractivity contribution < 1.29 is 9.59 Å². The molecule has 3 aromatic rings. The van der Waals surface area contributed by atoms with Crippen molar-refractivity contribution in [3.8, 4) is 0 Å². The lowest BCUT2D eigenvalue weighted by atomic mass is 9.92. The van der Waals surface area contributed by atoms with Crippen LogP contribution in [0.1, 0.15) is 34.1 Å². The number of hydrogen-bond donors (Lipinski definition) is 1. The smallest absolute Gasteiger partial charge is 0.244 e. The number of hydrogen-bond acceptors (Lipinski definition) is 4. The first-order valence-electron chi connectivity index (χ1n) is 11.0. The van der Waals surface area contributed by atoms with E-state index in [1.807, 2.05) is 93.3 Å². The predicted molar refractivity (Wildman–Crippen MR) is 139 cm³/mol. The summed E-state index contributed by atoms with van der Waals surface area (Å²) in [5.41, 5.74) is 2.51. The molecule has 0 radical (unpaired) electrons. The maximum atomic E-state index is 13.7. The lowest BCUT2D eigenvalue weighted by Gasteiger charge is -2.32. The largest absolute Gasteiger partial charge is 0.326 e. The molecule has 2 amide bonds. The fourth-order valence-corrected chi connectivity index (χ4v) is 5.74. The average Bonchev–Trinajstić information content (AvgIpc) is 2.75. The van der Waals surface area contributed by atoms with Crippen molar-refractivity contribution in [3.63, 3.8) is 0 Å². The Morgan fingerprint density at radius 2 is 1.55 bits per heavy atom. The first-order chi connectivity index (χ1) is 15.7. The fourth-order valence-electron chi connectivity index (χ4n) is 3.71. The van der Waals surface area contributed by atoms with Crippen molar-refractivity contribution >= 4 is 52.4 Å². The molecule has 3 aromatic carbocycles. The zero-order valence-electron chi connectivity index (χ0n) is 19.3. The highest BCUT2D eigenvalue weighted by Crippen LogP contribution is 2.48. The molecule has 0 saturated carbocycles. The van der Waals surface area contributed by atoms with Crippen LogP contribution in [-0.4, -0.2) is 17.1 Å². The topological polar surface area (TPSA) is 49.4 Å². The number of nitrogens with one attached hydrogen (secondary N) is 1. The van der Waals surface area contributed by atoms with Gasteiger partial charge in [0, 0.05) is 26.8 Å². The van der Waals surface area contributed by atoms with Crippen LogP contribution in [0.5, 0.6) is 0 Å². The Kier molecular flexibility index (Phi) is 6.86. The van der Waals surface area contributed by atoms with Gasteiger partial charge in [-0.15, -0.1) is 11.8 Å². The van der Waals surface area contributed by atoms with Gasteiger partial charge in [-0.05, 0) is 54.8 Å². The third-order valence-electron chi connectivity index (χ3n) is 5.12. The van der Waals surface area contributed by atoms with E-state index in [4.69, 9.17) is 0 Å². The van der Waals surface area contributed by atoms with Gasteiger partial charge in [-0.3, -0.25) is 14.5 Å². The molecule has 0 aliphatic carbocycles. The molecule has 1 unspecified atom stereocenters. The van der Waals surface area contributed by atoms with E-state index in [2.05, 4.69) is 17.4 Å². The Balaban J connectivity index is 1.53. The number of carbonyl (C=O) groups excluding carboxylic acids is 2. The minimum atomic E-state index is -0.310. The van der Waals surface area contributed by atoms with Crippen molar-refractivity contribution in [1.82, 2.24) is 0 Å². The number of para-hydroxylation sites is 2. The van der Waals surface area contributed by atoms with Crippen LogP contribution >= 0.6 is 23.5 Å². The molecule has 0 saturated heterocycles. The monoisotopic (exact) mass is 476 g/mol. The van der Waals surface area contributed by atoms with Crippen LogP contribution in [-0.2, 0) is 9.59 Å². The van der Waals surface area contributed by atoms with Crippen LogP contribution in [0.2, 0.25) is 0 Å². The number of carbonyl (C=O) groups is 2. The van der Waals surface area contributed by atoms with E-state index in [0.717, 1.165) is 31.7 Å². The molecule has 1 N–H and O–H groups in total. The number of rotatable bonds is 5. The minimum absolute atomic E-state index is 0.00666. The molecule has 0 aromatic heterocycles. The molecule has 0 fully saturated rings. The summed E-state index contributed by atoms with van der Waals surface area (Å²) < 4.78 is 0. The van der Waals surface area contributed by atoms with Crippen molar-refractivity contribution in [3.05, 3.63) is 72.8 Å². The predicted octanol–water partition coefficient (Wildman–Crippen LogP) is 7.37. The van der Waals surface area contributed by atoms with Crippen LogP contribution < -0.4 is 10.2 Å². The average molecular weight is 477 g/mol. The molecule has 0 bridgehead atoms. The van der Waals surface area contributed by atoms with Gasteiger partial charge in [-0.1, -0.05) is 62.9 Å². The summed E-state index contributed by atoms with van der Waals surface area (Å²) in [6.45, 7) is 8.06. The Morgan fingerprint density at radius 1 is 0.939 bits per heavy atom. The maximum absolute atomic E-state index is 13.7. The highest BCUT2D eigenvalue weighted by atomic mass is 32.2. The van der Waals surface area contributed by atoms with Crippen molar-refractivity contribution in [1.29, 1.82) is 0 Å². The molecule has 4 rings (SSSR count). The Hall–Kier alpha value is -2.70. The van der Waals surface area contributed by atoms with Gasteiger partial charge in [0.25, 0.3) is 0 Å². The standard InChI is InChI=1S/C27H28N2O2S2/c1-18(32-20-11-9-10-19(16-20)28-25(30)17-27(2,3)4)26(31)29-21-12-5-7-14-23(21)33-24-15-8-6-13-22(24)29/h5-16,18H,17H2,1-4H3,(H,28,30). The second kappa shape index (κ2) is 9.65. The zero-order chi connectivity index (χ0) is 23.6. The first kappa shape index (κ1) is 23.5. The van der Waals surface area contributed by atoms with Gasteiger partial charge < -0.3 is 5.32 Å². The summed E-state index contributed by atoms with van der Waals surface area (Å²) in [5, 5.41) is 2.67. The quantitative estimate of drug-likeness (QED) is 0.391. The number of thioether (sulfide) groups is 1. The maximum Gasteiger partial charge on any atom is 0.244 e. The van der Waals surface area contributed by atoms with Gasteiger partial charge in [0.1, 0.15) is 0 Å². The van der Waals surface area contributed by atoms with Gasteiger partial charge in [-0.2, -0.15) is 0 Å². The van der Waals surface area contributed by atoms with Gasteiger partial charge in [0.05, 0.1) is 16.6 Å². The lowest BCUT2D eigenvalue weighted by molar-refractivity contribution is -0.118. The van der Waals surface area contributed by atoms with Crippen LogP contribution in [0.25, 0.3) is 0 Å². The summed E-state index contributed by atoms with van der Waals surface area (Å²) >= 11 is 3.19. The van der Waals surface area contributed by atoms with Crippen LogP contribution in [0, 0.1) is 5.41 Å². The SMILES string of the molecule is CC(Sc1cccc(NC(=O)CC(C)(C)C)c1)C(=O)N1c2ccccc2Sc2ccccc21. The highest BCUT2D eigenvalue weighted by Gasteiger charge is 2.31. The van der Waals surface area contributed by atoms with E-state index in [0.29, 0.717) is 6.42 Å². The molecule has 6 heteroatoms. The summed E-state index contributed by atoms with van der Waals surface area (Å²) in [4.78, 5) is 30.9. The highest BCUT2D eigenvalue weighted by molar-refractivity contribution is 8.00. The van der Waals surface area contributed by atoms with Crippen molar-refractivity contribution in [2.24, 2.45) is 5.41 Å². The van der Waals surface area contributed by atoms with Crippen LogP contribution in [0.3, 0.4) is 0 Å². The van der Waals surface area contributed by atoms with E-state index in [-0.39, 0.29) is 22.5 Å². The number of anilines is 3. The van der Waals surface area contributed by atoms with Gasteiger partial charge >= 0.3 is 0 Å². The lowest BCUT2D eigenvalue weighted by Crippen LogP contribution is -2.34. The van der Waals surface area contributed by atoms with Gasteiger partial charge in [0.2, 0.25) is 11.8 Å². The Morgan fingerprint density at radius 3 is 2.15 bits per heavy atom. The van der Waals surface area contributed by atoms with E-state index < -0.39 is 0 Å². The molecule has 170 valence electrons. The Labute approximate surface area is 204 Å². The second-order valence-electron chi connectivity index (χ2n) is 9.28. The second-order valence-corrected chi connectivity index (χ2v) is 11.8. The molecule has 33 heavy (non-hydrogen) atoms. The number of benzene rings is 3. The molecule has 1 aliphatic heterocycles. The van der Waals surface area contributed by atoms with Crippen LogP contribution in [0.4, 0.5) is 17.1 Å². The summed E-state index contributed by atoms with van der Waals surface area (Å²) in [6, 6.07) is 23.7. The molecule has 4 nitrogen and oxygen atoms in total. The van der Waals surface area contributed by atoms with E-state index in [1.165, 1.54) is 11.8 Å². The molecule has 0 spiro atoms.